The van der Waals surface area contributed by atoms with Crippen molar-refractivity contribution >= 4 is 23.2 Å². The van der Waals surface area contributed by atoms with Crippen molar-refractivity contribution in [3.63, 3.8) is 0 Å². The van der Waals surface area contributed by atoms with Crippen molar-refractivity contribution in [2.24, 2.45) is 0 Å². The van der Waals surface area contributed by atoms with Gasteiger partial charge in [0, 0.05) is 6.54 Å². The van der Waals surface area contributed by atoms with Crippen LogP contribution in [0, 0.1) is 0 Å². The second kappa shape index (κ2) is 10.6. The molecule has 0 amide bonds. The molecule has 0 aliphatic heterocycles. The number of halogens is 1. The summed E-state index contributed by atoms with van der Waals surface area (Å²) in [6, 6.07) is 15.2. The highest BCUT2D eigenvalue weighted by molar-refractivity contribution is 5.85. The van der Waals surface area contributed by atoms with Crippen LogP contribution in [0.15, 0.2) is 42.5 Å². The molecule has 21 heavy (non-hydrogen) atoms. The molecule has 0 unspecified atom stereocenters. The van der Waals surface area contributed by atoms with E-state index in [1.807, 2.05) is 0 Å². The molecule has 0 heterocycles. The lowest BCUT2D eigenvalue weighted by Gasteiger charge is -2.08. The molecule has 0 saturated carbocycles. The summed E-state index contributed by atoms with van der Waals surface area (Å²) in [5, 5.41) is 6.30. The van der Waals surface area contributed by atoms with Gasteiger partial charge < -0.3 is 5.32 Å². The van der Waals surface area contributed by atoms with Gasteiger partial charge in [-0.2, -0.15) is 0 Å². The van der Waals surface area contributed by atoms with Gasteiger partial charge in [-0.15, -0.1) is 12.4 Å². The molecule has 2 heteroatoms. The van der Waals surface area contributed by atoms with Crippen LogP contribution in [0.5, 0.6) is 0 Å². The maximum Gasteiger partial charge on any atom is 0.0211 e. The molecule has 2 aromatic carbocycles. The highest BCUT2D eigenvalue weighted by Gasteiger charge is 1.99. The van der Waals surface area contributed by atoms with Gasteiger partial charge in [-0.05, 0) is 29.3 Å². The van der Waals surface area contributed by atoms with Gasteiger partial charge in [-0.1, -0.05) is 81.5 Å². The third kappa shape index (κ3) is 6.07. The Hall–Kier alpha value is -1.05. The predicted octanol–water partition coefficient (Wildman–Crippen LogP) is 5.71. The fourth-order valence-corrected chi connectivity index (χ4v) is 2.70. The molecule has 0 bridgehead atoms. The predicted molar refractivity (Wildman–Crippen MR) is 96.3 cm³/mol. The largest absolute Gasteiger partial charge is 0.313 e. The lowest BCUT2D eigenvalue weighted by Crippen LogP contribution is -2.14. The Labute approximate surface area is 135 Å². The molecule has 1 N–H and O–H groups in total. The van der Waals surface area contributed by atoms with Crippen LogP contribution in [0.3, 0.4) is 0 Å². The van der Waals surface area contributed by atoms with E-state index < -0.39 is 0 Å². The van der Waals surface area contributed by atoms with E-state index in [-0.39, 0.29) is 12.4 Å². The monoisotopic (exact) mass is 305 g/mol. The van der Waals surface area contributed by atoms with Crippen molar-refractivity contribution in [1.29, 1.82) is 0 Å². The van der Waals surface area contributed by atoms with Crippen LogP contribution >= 0.6 is 12.4 Å². The fourth-order valence-electron chi connectivity index (χ4n) is 2.70. The van der Waals surface area contributed by atoms with Gasteiger partial charge in [0.25, 0.3) is 0 Å². The maximum atomic E-state index is 3.58. The third-order valence-corrected chi connectivity index (χ3v) is 3.90. The first-order valence-electron chi connectivity index (χ1n) is 8.09. The number of fused-ring (bicyclic) bond motifs is 1. The van der Waals surface area contributed by atoms with Crippen LogP contribution < -0.4 is 5.32 Å². The van der Waals surface area contributed by atoms with Gasteiger partial charge in [0.1, 0.15) is 0 Å². The molecule has 0 aromatic heterocycles. The minimum atomic E-state index is 0. The van der Waals surface area contributed by atoms with Crippen molar-refractivity contribution in [2.45, 2.75) is 52.0 Å². The van der Waals surface area contributed by atoms with E-state index in [1.54, 1.807) is 0 Å². The maximum absolute atomic E-state index is 3.58. The zero-order valence-electron chi connectivity index (χ0n) is 13.1. The summed E-state index contributed by atoms with van der Waals surface area (Å²) >= 11 is 0. The summed E-state index contributed by atoms with van der Waals surface area (Å²) in [6.07, 6.45) is 8.18. The molecule has 0 saturated heterocycles. The van der Waals surface area contributed by atoms with E-state index in [4.69, 9.17) is 0 Å². The number of hydrogen-bond acceptors (Lipinski definition) is 1. The quantitative estimate of drug-likeness (QED) is 0.585. The van der Waals surface area contributed by atoms with E-state index in [9.17, 15) is 0 Å². The average molecular weight is 306 g/mol. The first-order valence-corrected chi connectivity index (χ1v) is 8.09. The molecule has 0 radical (unpaired) electrons. The molecule has 0 fully saturated rings. The van der Waals surface area contributed by atoms with Crippen LogP contribution in [0.2, 0.25) is 0 Å². The lowest BCUT2D eigenvalue weighted by molar-refractivity contribution is 0.572. The Morgan fingerprint density at radius 3 is 2.38 bits per heavy atom. The first-order chi connectivity index (χ1) is 9.92. The number of hydrogen-bond donors (Lipinski definition) is 1. The molecule has 0 atom stereocenters. The normalized spacial score (nSPS) is 10.5. The van der Waals surface area contributed by atoms with Crippen molar-refractivity contribution in [1.82, 2.24) is 5.32 Å². The van der Waals surface area contributed by atoms with Crippen molar-refractivity contribution in [3.05, 3.63) is 48.0 Å². The van der Waals surface area contributed by atoms with Crippen molar-refractivity contribution in [2.75, 3.05) is 6.54 Å². The molecule has 2 rings (SSSR count). The average Bonchev–Trinajstić information content (AvgIpc) is 2.50. The second-order valence-corrected chi connectivity index (χ2v) is 5.58. The molecular formula is C19H28ClN. The Bertz CT molecular complexity index is 504. The zero-order valence-corrected chi connectivity index (χ0v) is 13.9. The van der Waals surface area contributed by atoms with Crippen LogP contribution in [-0.4, -0.2) is 6.54 Å². The Kier molecular flexibility index (Phi) is 9.12. The van der Waals surface area contributed by atoms with Crippen molar-refractivity contribution < 1.29 is 0 Å². The van der Waals surface area contributed by atoms with E-state index in [0.717, 1.165) is 13.1 Å². The SMILES string of the molecule is CCCCCCCCNCc1cccc2ccccc12.Cl. The van der Waals surface area contributed by atoms with Gasteiger partial charge >= 0.3 is 0 Å². The molecule has 0 aliphatic carbocycles. The summed E-state index contributed by atoms with van der Waals surface area (Å²) in [5.74, 6) is 0. The van der Waals surface area contributed by atoms with Gasteiger partial charge in [0.05, 0.1) is 0 Å². The number of rotatable bonds is 9. The van der Waals surface area contributed by atoms with Crippen LogP contribution in [0.1, 0.15) is 51.0 Å². The van der Waals surface area contributed by atoms with E-state index in [0.29, 0.717) is 0 Å². The van der Waals surface area contributed by atoms with Crippen molar-refractivity contribution in [3.8, 4) is 0 Å². The standard InChI is InChI=1S/C19H27N.ClH/c1-2-3-4-5-6-9-15-20-16-18-13-10-12-17-11-7-8-14-19(17)18;/h7-8,10-14,20H,2-6,9,15-16H2,1H3;1H. The number of unbranched alkanes of at least 4 members (excludes halogenated alkanes) is 5. The Balaban J connectivity index is 0.00000220. The minimum absolute atomic E-state index is 0. The van der Waals surface area contributed by atoms with E-state index in [2.05, 4.69) is 54.7 Å². The van der Waals surface area contributed by atoms with E-state index in [1.165, 1.54) is 54.9 Å². The number of benzene rings is 2. The third-order valence-electron chi connectivity index (χ3n) is 3.90. The summed E-state index contributed by atoms with van der Waals surface area (Å²) < 4.78 is 0. The molecule has 116 valence electrons. The minimum Gasteiger partial charge on any atom is -0.313 e. The van der Waals surface area contributed by atoms with E-state index >= 15 is 0 Å². The Morgan fingerprint density at radius 1 is 0.810 bits per heavy atom. The number of nitrogens with one attached hydrogen (secondary N) is 1. The molecule has 1 nitrogen and oxygen atoms in total. The molecule has 0 spiro atoms. The highest BCUT2D eigenvalue weighted by atomic mass is 35.5. The molecule has 0 aliphatic rings. The molecule has 2 aromatic rings. The Morgan fingerprint density at radius 2 is 1.52 bits per heavy atom. The lowest BCUT2D eigenvalue weighted by atomic mass is 10.0. The zero-order chi connectivity index (χ0) is 14.0. The smallest absolute Gasteiger partial charge is 0.0211 e. The van der Waals surface area contributed by atoms with Crippen LogP contribution in [0.25, 0.3) is 10.8 Å². The summed E-state index contributed by atoms with van der Waals surface area (Å²) in [6.45, 7) is 4.39. The highest BCUT2D eigenvalue weighted by Crippen LogP contribution is 2.18. The van der Waals surface area contributed by atoms with Crippen LogP contribution in [-0.2, 0) is 6.54 Å². The van der Waals surface area contributed by atoms with Gasteiger partial charge in [0.15, 0.2) is 0 Å². The van der Waals surface area contributed by atoms with Gasteiger partial charge in [0.2, 0.25) is 0 Å². The summed E-state index contributed by atoms with van der Waals surface area (Å²) in [5.41, 5.74) is 1.41. The summed E-state index contributed by atoms with van der Waals surface area (Å²) in [7, 11) is 0. The molecular weight excluding hydrogens is 278 g/mol. The summed E-state index contributed by atoms with van der Waals surface area (Å²) in [4.78, 5) is 0. The topological polar surface area (TPSA) is 12.0 Å². The van der Waals surface area contributed by atoms with Gasteiger partial charge in [-0.25, -0.2) is 0 Å². The van der Waals surface area contributed by atoms with Gasteiger partial charge in [-0.3, -0.25) is 0 Å². The first kappa shape index (κ1) is 18.0. The van der Waals surface area contributed by atoms with Crippen LogP contribution in [0.4, 0.5) is 0 Å². The fraction of sp³-hybridized carbons (Fsp3) is 0.474. The second-order valence-electron chi connectivity index (χ2n) is 5.58.